The van der Waals surface area contributed by atoms with Gasteiger partial charge in [0.05, 0.1) is 6.34 Å². The number of hydrogen-bond acceptors (Lipinski definition) is 6. The first-order valence-electron chi connectivity index (χ1n) is 9.61. The minimum Gasteiger partial charge on any atom is -0.436 e. The van der Waals surface area contributed by atoms with Crippen molar-refractivity contribution in [2.24, 2.45) is 9.98 Å². The van der Waals surface area contributed by atoms with E-state index in [0.717, 1.165) is 17.0 Å². The van der Waals surface area contributed by atoms with Gasteiger partial charge in [-0.1, -0.05) is 0 Å². The predicted molar refractivity (Wildman–Crippen MR) is 117 cm³/mol. The molecule has 8 nitrogen and oxygen atoms in total. The van der Waals surface area contributed by atoms with Gasteiger partial charge in [0, 0.05) is 35.1 Å². The Hall–Kier alpha value is -3.81. The lowest BCUT2D eigenvalue weighted by Crippen LogP contribution is -2.28. The number of aromatic nitrogens is 2. The largest absolute Gasteiger partial charge is 0.436 e. The van der Waals surface area contributed by atoms with Gasteiger partial charge in [-0.05, 0) is 57.2 Å². The molecule has 152 valence electrons. The van der Waals surface area contributed by atoms with Gasteiger partial charge in [-0.2, -0.15) is 0 Å². The molecule has 4 rings (SSSR count). The van der Waals surface area contributed by atoms with Crippen LogP contribution in [0.25, 0.3) is 22.6 Å². The summed E-state index contributed by atoms with van der Waals surface area (Å²) in [4.78, 5) is 31.7. The number of nitrogens with zero attached hydrogens (tertiary/aromatic N) is 5. The van der Waals surface area contributed by atoms with Crippen molar-refractivity contribution >= 4 is 34.7 Å². The van der Waals surface area contributed by atoms with Gasteiger partial charge in [-0.3, -0.25) is 19.8 Å². The van der Waals surface area contributed by atoms with Gasteiger partial charge in [0.25, 0.3) is 0 Å². The van der Waals surface area contributed by atoms with Crippen LogP contribution in [-0.2, 0) is 4.79 Å². The summed E-state index contributed by atoms with van der Waals surface area (Å²) >= 11 is 0. The quantitative estimate of drug-likeness (QED) is 0.516. The van der Waals surface area contributed by atoms with Gasteiger partial charge in [0.1, 0.15) is 18.2 Å². The summed E-state index contributed by atoms with van der Waals surface area (Å²) in [6, 6.07) is 8.47. The van der Waals surface area contributed by atoms with E-state index in [1.165, 1.54) is 0 Å². The molecular formula is C22H22N6O2. The molecule has 1 aliphatic rings. The van der Waals surface area contributed by atoms with E-state index < -0.39 is 6.04 Å². The first-order valence-corrected chi connectivity index (χ1v) is 9.61. The van der Waals surface area contributed by atoms with E-state index in [9.17, 15) is 4.79 Å². The average molecular weight is 402 g/mol. The molecule has 0 spiro atoms. The molecule has 3 aromatic rings. The van der Waals surface area contributed by atoms with Crippen LogP contribution in [0.3, 0.4) is 0 Å². The van der Waals surface area contributed by atoms with E-state index in [4.69, 9.17) is 4.42 Å². The molecule has 3 heterocycles. The molecule has 0 saturated carbocycles. The molecule has 0 aliphatic carbocycles. The number of fused-ring (bicyclic) bond motifs is 1. The zero-order valence-electron chi connectivity index (χ0n) is 17.0. The normalized spacial score (nSPS) is 15.2. The van der Waals surface area contributed by atoms with Crippen molar-refractivity contribution in [2.45, 2.75) is 26.8 Å². The Balaban J connectivity index is 1.43. The SMILES string of the molecule is CC1=CC(C)=NCN1/C=N\C(C)C(=O)Nc1ccc2oc(-c3ccncc3)nc2c1. The molecule has 0 fully saturated rings. The number of rotatable bonds is 5. The van der Waals surface area contributed by atoms with E-state index in [2.05, 4.69) is 25.3 Å². The molecular weight excluding hydrogens is 380 g/mol. The van der Waals surface area contributed by atoms with Gasteiger partial charge >= 0.3 is 0 Å². The molecule has 1 atom stereocenters. The summed E-state index contributed by atoms with van der Waals surface area (Å²) in [6.45, 7) is 6.20. The van der Waals surface area contributed by atoms with Crippen LogP contribution in [0.2, 0.25) is 0 Å². The lowest BCUT2D eigenvalue weighted by molar-refractivity contribution is -0.117. The number of hydrogen-bond donors (Lipinski definition) is 1. The summed E-state index contributed by atoms with van der Waals surface area (Å²) in [5, 5.41) is 2.88. The third-order valence-corrected chi connectivity index (χ3v) is 4.73. The maximum atomic E-state index is 12.5. The molecule has 1 N–H and O–H groups in total. The van der Waals surface area contributed by atoms with Crippen LogP contribution < -0.4 is 5.32 Å². The van der Waals surface area contributed by atoms with Gasteiger partial charge in [0.2, 0.25) is 11.8 Å². The first kappa shape index (κ1) is 19.5. The molecule has 1 unspecified atom stereocenters. The van der Waals surface area contributed by atoms with Crippen LogP contribution in [0.1, 0.15) is 20.8 Å². The third kappa shape index (κ3) is 4.27. The standard InChI is InChI=1S/C22H22N6O2/c1-14-10-15(2)28(12-24-14)13-25-16(3)21(29)26-18-4-5-20-19(11-18)27-22(30-20)17-6-8-23-9-7-17/h4-11,13,16H,12H2,1-3H3,(H,26,29)/b25-13-. The first-order chi connectivity index (χ1) is 14.5. The number of benzene rings is 1. The molecule has 0 saturated heterocycles. The topological polar surface area (TPSA) is 96.0 Å². The number of carbonyl (C=O) groups is 1. The van der Waals surface area contributed by atoms with Crippen LogP contribution in [0.4, 0.5) is 5.69 Å². The second-order valence-electron chi connectivity index (χ2n) is 7.06. The second kappa shape index (κ2) is 8.28. The van der Waals surface area contributed by atoms with Crippen LogP contribution in [0.15, 0.2) is 68.9 Å². The molecule has 0 bridgehead atoms. The Kier molecular flexibility index (Phi) is 5.38. The molecule has 1 amide bonds. The third-order valence-electron chi connectivity index (χ3n) is 4.73. The zero-order valence-corrected chi connectivity index (χ0v) is 17.0. The Labute approximate surface area is 174 Å². The van der Waals surface area contributed by atoms with E-state index in [0.29, 0.717) is 29.3 Å². The highest BCUT2D eigenvalue weighted by Crippen LogP contribution is 2.26. The molecule has 8 heteroatoms. The fraction of sp³-hybridized carbons (Fsp3) is 0.227. The Morgan fingerprint density at radius 2 is 2.07 bits per heavy atom. The minimum absolute atomic E-state index is 0.207. The number of allylic oxidation sites excluding steroid dienone is 2. The van der Waals surface area contributed by atoms with Crippen molar-refractivity contribution in [1.29, 1.82) is 0 Å². The van der Waals surface area contributed by atoms with Gasteiger partial charge in [-0.15, -0.1) is 0 Å². The highest BCUT2D eigenvalue weighted by molar-refractivity contribution is 5.97. The smallest absolute Gasteiger partial charge is 0.248 e. The van der Waals surface area contributed by atoms with Crippen molar-refractivity contribution in [3.05, 3.63) is 54.5 Å². The van der Waals surface area contributed by atoms with E-state index in [-0.39, 0.29) is 5.91 Å². The predicted octanol–water partition coefficient (Wildman–Crippen LogP) is 3.88. The maximum absolute atomic E-state index is 12.5. The number of aliphatic imine (C=N–C) groups is 2. The Morgan fingerprint density at radius 3 is 2.83 bits per heavy atom. The number of pyridine rings is 1. The van der Waals surface area contributed by atoms with Crippen molar-refractivity contribution in [3.8, 4) is 11.5 Å². The summed E-state index contributed by atoms with van der Waals surface area (Å²) < 4.78 is 5.79. The molecule has 2 aromatic heterocycles. The van der Waals surface area contributed by atoms with Gasteiger partial charge in [0.15, 0.2) is 5.58 Å². The van der Waals surface area contributed by atoms with Crippen LogP contribution >= 0.6 is 0 Å². The second-order valence-corrected chi connectivity index (χ2v) is 7.06. The van der Waals surface area contributed by atoms with Crippen LogP contribution in [0, 0.1) is 0 Å². The summed E-state index contributed by atoms with van der Waals surface area (Å²) in [6.07, 6.45) is 7.01. The van der Waals surface area contributed by atoms with E-state index in [1.54, 1.807) is 43.9 Å². The summed E-state index contributed by atoms with van der Waals surface area (Å²) in [7, 11) is 0. The number of nitrogens with one attached hydrogen (secondary N) is 1. The number of oxazole rings is 1. The fourth-order valence-corrected chi connectivity index (χ4v) is 2.98. The number of anilines is 1. The minimum atomic E-state index is -0.551. The van der Waals surface area contributed by atoms with E-state index >= 15 is 0 Å². The lowest BCUT2D eigenvalue weighted by Gasteiger charge is -2.22. The van der Waals surface area contributed by atoms with Crippen molar-refractivity contribution in [3.63, 3.8) is 0 Å². The van der Waals surface area contributed by atoms with Gasteiger partial charge in [-0.25, -0.2) is 4.98 Å². The monoisotopic (exact) mass is 402 g/mol. The lowest BCUT2D eigenvalue weighted by atomic mass is 10.2. The highest BCUT2D eigenvalue weighted by atomic mass is 16.3. The Morgan fingerprint density at radius 1 is 1.27 bits per heavy atom. The van der Waals surface area contributed by atoms with Crippen molar-refractivity contribution in [1.82, 2.24) is 14.9 Å². The summed E-state index contributed by atoms with van der Waals surface area (Å²) in [5.41, 5.74) is 4.82. The van der Waals surface area contributed by atoms with Crippen molar-refractivity contribution < 1.29 is 9.21 Å². The van der Waals surface area contributed by atoms with Crippen LogP contribution in [-0.4, -0.2) is 45.5 Å². The van der Waals surface area contributed by atoms with Crippen LogP contribution in [0.5, 0.6) is 0 Å². The molecule has 1 aliphatic heterocycles. The number of amides is 1. The molecule has 0 radical (unpaired) electrons. The molecule has 30 heavy (non-hydrogen) atoms. The van der Waals surface area contributed by atoms with Gasteiger partial charge < -0.3 is 14.6 Å². The number of carbonyl (C=O) groups excluding carboxylic acids is 1. The summed E-state index contributed by atoms with van der Waals surface area (Å²) in [5.74, 6) is 0.304. The maximum Gasteiger partial charge on any atom is 0.248 e. The van der Waals surface area contributed by atoms with Crippen molar-refractivity contribution in [2.75, 3.05) is 12.0 Å². The Bertz CT molecular complexity index is 1160. The fourth-order valence-electron chi connectivity index (χ4n) is 2.98. The van der Waals surface area contributed by atoms with E-state index in [1.807, 2.05) is 37.0 Å². The zero-order chi connectivity index (χ0) is 21.1. The average Bonchev–Trinajstić information content (AvgIpc) is 3.17. The molecule has 1 aromatic carbocycles. The highest BCUT2D eigenvalue weighted by Gasteiger charge is 2.14.